The predicted octanol–water partition coefficient (Wildman–Crippen LogP) is 3.46. The number of pyridine rings is 2. The van der Waals surface area contributed by atoms with Crippen molar-refractivity contribution in [2.24, 2.45) is 12.0 Å². The lowest BCUT2D eigenvalue weighted by Gasteiger charge is -2.26. The lowest BCUT2D eigenvalue weighted by molar-refractivity contribution is -0.136. The van der Waals surface area contributed by atoms with Crippen LogP contribution < -0.4 is 26.8 Å². The number of hydrogen-bond donors (Lipinski definition) is 4. The fraction of sp³-hybridized carbons (Fsp3) is 0.167. The molecule has 0 aliphatic carbocycles. The largest absolute Gasteiger partial charge is 0.439 e. The number of aryl methyl sites for hydroxylation is 2. The Morgan fingerprint density at radius 3 is 2.51 bits per heavy atom. The van der Waals surface area contributed by atoms with E-state index in [1.165, 1.54) is 30.8 Å². The summed E-state index contributed by atoms with van der Waals surface area (Å²) in [6.45, 7) is 1.48. The Balaban J connectivity index is 1.53. The normalized spacial score (nSPS) is 14.5. The summed E-state index contributed by atoms with van der Waals surface area (Å²) in [7, 11) is 1.50. The SMILES string of the molecule is Cc1nn(C)c2nc(Oc3ccc(C4N=C(NC#N)Nc5nc(N)c(C#N)c(N)c54)cc3)cc(C(F)(F)F)c12. The Labute approximate surface area is 218 Å². The molecular weight excluding hydrogens is 515 g/mol. The van der Waals surface area contributed by atoms with Crippen LogP contribution in [0.3, 0.4) is 0 Å². The fourth-order valence-electron chi connectivity index (χ4n) is 4.36. The van der Waals surface area contributed by atoms with Crippen LogP contribution in [-0.4, -0.2) is 25.7 Å². The number of guanidine groups is 1. The molecule has 3 aromatic heterocycles. The highest BCUT2D eigenvalue weighted by Gasteiger charge is 2.36. The molecule has 5 rings (SSSR count). The van der Waals surface area contributed by atoms with E-state index in [-0.39, 0.29) is 57.2 Å². The molecule has 1 aromatic carbocycles. The zero-order chi connectivity index (χ0) is 28.1. The first kappa shape index (κ1) is 25.1. The second kappa shape index (κ2) is 9.07. The summed E-state index contributed by atoms with van der Waals surface area (Å²) in [5.74, 6) is 0.139. The number of alkyl halides is 3. The van der Waals surface area contributed by atoms with Gasteiger partial charge in [0.1, 0.15) is 35.1 Å². The van der Waals surface area contributed by atoms with Crippen LogP contribution in [0.2, 0.25) is 0 Å². The van der Waals surface area contributed by atoms with Gasteiger partial charge in [0.25, 0.3) is 0 Å². The van der Waals surface area contributed by atoms with Crippen molar-refractivity contribution < 1.29 is 17.9 Å². The molecule has 0 amide bonds. The first-order chi connectivity index (χ1) is 18.5. The Bertz CT molecular complexity index is 1750. The van der Waals surface area contributed by atoms with Crippen LogP contribution in [0.15, 0.2) is 35.3 Å². The Morgan fingerprint density at radius 1 is 1.15 bits per heavy atom. The fourth-order valence-corrected chi connectivity index (χ4v) is 4.36. The highest BCUT2D eigenvalue weighted by Crippen LogP contribution is 2.41. The van der Waals surface area contributed by atoms with Crippen LogP contribution in [0.1, 0.15) is 34.0 Å². The van der Waals surface area contributed by atoms with E-state index < -0.39 is 17.8 Å². The van der Waals surface area contributed by atoms with Gasteiger partial charge < -0.3 is 21.5 Å². The third-order valence-electron chi connectivity index (χ3n) is 6.03. The molecule has 1 unspecified atom stereocenters. The number of ether oxygens (including phenoxy) is 1. The molecule has 0 saturated heterocycles. The molecule has 1 aliphatic rings. The van der Waals surface area contributed by atoms with Crippen LogP contribution in [0.25, 0.3) is 11.0 Å². The highest BCUT2D eigenvalue weighted by molar-refractivity contribution is 5.98. The molecule has 1 aliphatic heterocycles. The molecule has 4 aromatic rings. The first-order valence-electron chi connectivity index (χ1n) is 11.2. The number of benzene rings is 1. The summed E-state index contributed by atoms with van der Waals surface area (Å²) in [5.41, 5.74) is 12.4. The minimum Gasteiger partial charge on any atom is -0.439 e. The van der Waals surface area contributed by atoms with Gasteiger partial charge in [-0.15, -0.1) is 0 Å². The van der Waals surface area contributed by atoms with Crippen LogP contribution in [-0.2, 0) is 13.2 Å². The van der Waals surface area contributed by atoms with Crippen molar-refractivity contribution >= 4 is 34.3 Å². The molecule has 39 heavy (non-hydrogen) atoms. The molecule has 0 fully saturated rings. The van der Waals surface area contributed by atoms with E-state index in [1.54, 1.807) is 18.3 Å². The van der Waals surface area contributed by atoms with E-state index in [0.29, 0.717) is 11.1 Å². The zero-order valence-electron chi connectivity index (χ0n) is 20.3. The maximum atomic E-state index is 13.8. The van der Waals surface area contributed by atoms with E-state index in [9.17, 15) is 18.4 Å². The Hall–Kier alpha value is -5.57. The quantitative estimate of drug-likeness (QED) is 0.224. The molecule has 0 radical (unpaired) electrons. The number of nitrogens with zero attached hydrogens (tertiary/aromatic N) is 7. The van der Waals surface area contributed by atoms with Gasteiger partial charge in [-0.1, -0.05) is 12.1 Å². The number of aromatic nitrogens is 4. The average molecular weight is 533 g/mol. The summed E-state index contributed by atoms with van der Waals surface area (Å²) in [6, 6.07) is 8.22. The number of anilines is 3. The smallest absolute Gasteiger partial charge is 0.417 e. The van der Waals surface area contributed by atoms with Gasteiger partial charge in [-0.05, 0) is 24.6 Å². The Kier molecular flexibility index (Phi) is 5.84. The van der Waals surface area contributed by atoms with Gasteiger partial charge in [0, 0.05) is 18.7 Å². The summed E-state index contributed by atoms with van der Waals surface area (Å²) >= 11 is 0. The van der Waals surface area contributed by atoms with Crippen LogP contribution in [0.5, 0.6) is 11.6 Å². The van der Waals surface area contributed by atoms with Crippen molar-refractivity contribution in [1.82, 2.24) is 25.1 Å². The minimum absolute atomic E-state index is 0.0141. The highest BCUT2D eigenvalue weighted by atomic mass is 19.4. The molecule has 4 heterocycles. The number of nitrogens with two attached hydrogens (primary N) is 2. The molecule has 0 spiro atoms. The number of aliphatic imine (C=N–C) groups is 1. The third kappa shape index (κ3) is 4.31. The molecule has 12 nitrogen and oxygen atoms in total. The van der Waals surface area contributed by atoms with E-state index in [2.05, 4.69) is 30.7 Å². The summed E-state index contributed by atoms with van der Waals surface area (Å²) in [6.07, 6.45) is -2.88. The zero-order valence-corrected chi connectivity index (χ0v) is 20.3. The number of hydrogen-bond acceptors (Lipinski definition) is 11. The number of nitrogen functional groups attached to an aromatic ring is 2. The van der Waals surface area contributed by atoms with Crippen molar-refractivity contribution in [3.63, 3.8) is 0 Å². The lowest BCUT2D eigenvalue weighted by atomic mass is 9.95. The standard InChI is InChI=1S/C24H18F3N11O/c1-10-16-14(24(25,26)27)7-15(33-22(16)38(2)37-10)39-12-5-3-11(4-6-12)19-17-18(30)13(8-28)20(31)35-21(17)36-23(34-19)32-9-29/h3-7,19H,1-2H3,(H6,30,31,32,34,35,36). The van der Waals surface area contributed by atoms with E-state index in [1.807, 2.05) is 6.07 Å². The number of halogens is 3. The van der Waals surface area contributed by atoms with Crippen molar-refractivity contribution in [3.05, 3.63) is 58.3 Å². The molecule has 6 N–H and O–H groups in total. The molecule has 0 bridgehead atoms. The Morgan fingerprint density at radius 2 is 1.87 bits per heavy atom. The predicted molar refractivity (Wildman–Crippen MR) is 134 cm³/mol. The molecule has 0 saturated carbocycles. The maximum Gasteiger partial charge on any atom is 0.417 e. The lowest BCUT2D eigenvalue weighted by Crippen LogP contribution is -2.32. The van der Waals surface area contributed by atoms with Gasteiger partial charge in [-0.2, -0.15) is 33.8 Å². The van der Waals surface area contributed by atoms with Crippen molar-refractivity contribution in [1.29, 1.82) is 10.5 Å². The van der Waals surface area contributed by atoms with Crippen molar-refractivity contribution in [2.75, 3.05) is 16.8 Å². The summed E-state index contributed by atoms with van der Waals surface area (Å²) in [4.78, 5) is 12.9. The first-order valence-corrected chi connectivity index (χ1v) is 11.2. The molecule has 1 atom stereocenters. The van der Waals surface area contributed by atoms with Gasteiger partial charge in [0.05, 0.1) is 22.3 Å². The topological polar surface area (TPSA) is 189 Å². The second-order valence-electron chi connectivity index (χ2n) is 8.49. The van der Waals surface area contributed by atoms with Gasteiger partial charge in [-0.3, -0.25) is 10.00 Å². The van der Waals surface area contributed by atoms with Gasteiger partial charge in [-0.25, -0.2) is 9.98 Å². The second-order valence-corrected chi connectivity index (χ2v) is 8.49. The van der Waals surface area contributed by atoms with E-state index >= 15 is 0 Å². The molecular formula is C24H18F3N11O. The van der Waals surface area contributed by atoms with Crippen LogP contribution in [0.4, 0.5) is 30.5 Å². The summed E-state index contributed by atoms with van der Waals surface area (Å²) < 4.78 is 48.3. The third-order valence-corrected chi connectivity index (χ3v) is 6.03. The number of fused-ring (bicyclic) bond motifs is 2. The average Bonchev–Trinajstić information content (AvgIpc) is 3.16. The van der Waals surface area contributed by atoms with E-state index in [4.69, 9.17) is 21.5 Å². The summed E-state index contributed by atoms with van der Waals surface area (Å²) in [5, 5.41) is 27.7. The van der Waals surface area contributed by atoms with Gasteiger partial charge in [0.2, 0.25) is 11.8 Å². The van der Waals surface area contributed by atoms with Gasteiger partial charge in [0.15, 0.2) is 11.8 Å². The molecule has 196 valence electrons. The van der Waals surface area contributed by atoms with Crippen LogP contribution in [0, 0.1) is 29.7 Å². The van der Waals surface area contributed by atoms with E-state index in [0.717, 1.165) is 6.07 Å². The number of nitrogens with one attached hydrogen (secondary N) is 2. The van der Waals surface area contributed by atoms with Crippen molar-refractivity contribution in [2.45, 2.75) is 19.1 Å². The maximum absolute atomic E-state index is 13.8. The van der Waals surface area contributed by atoms with Crippen molar-refractivity contribution in [3.8, 4) is 23.9 Å². The van der Waals surface area contributed by atoms with Gasteiger partial charge >= 0.3 is 6.18 Å². The molecule has 15 heteroatoms. The number of rotatable bonds is 3. The minimum atomic E-state index is -4.65. The number of nitriles is 2. The monoisotopic (exact) mass is 533 g/mol. The van der Waals surface area contributed by atoms with Crippen LogP contribution >= 0.6 is 0 Å².